The highest BCUT2D eigenvalue weighted by molar-refractivity contribution is 7.22. The molecule has 0 saturated heterocycles. The normalized spacial score (nSPS) is 11.1. The van der Waals surface area contributed by atoms with Crippen LogP contribution in [-0.2, 0) is 13.2 Å². The lowest BCUT2D eigenvalue weighted by Gasteiger charge is -2.14. The monoisotopic (exact) mass is 465 g/mol. The number of nitrogens with zero attached hydrogens (tertiary/aromatic N) is 2. The zero-order chi connectivity index (χ0) is 23.0. The first-order valence-corrected chi connectivity index (χ1v) is 11.8. The van der Waals surface area contributed by atoms with Gasteiger partial charge in [-0.15, -0.1) is 0 Å². The molecule has 0 saturated carbocycles. The van der Waals surface area contributed by atoms with E-state index in [0.29, 0.717) is 24.7 Å². The van der Waals surface area contributed by atoms with Crippen LogP contribution in [0.15, 0.2) is 108 Å². The van der Waals surface area contributed by atoms with E-state index in [0.717, 1.165) is 32.0 Å². The summed E-state index contributed by atoms with van der Waals surface area (Å²) in [5.74, 6) is 1.36. The molecule has 0 radical (unpaired) electrons. The molecule has 1 N–H and O–H groups in total. The van der Waals surface area contributed by atoms with Crippen LogP contribution in [0.5, 0.6) is 11.5 Å². The van der Waals surface area contributed by atoms with E-state index >= 15 is 0 Å². The first kappa shape index (κ1) is 21.7. The van der Waals surface area contributed by atoms with Crippen molar-refractivity contribution < 1.29 is 9.47 Å². The Bertz CT molecular complexity index is 1350. The smallest absolute Gasteiger partial charge is 0.204 e. The third-order valence-electron chi connectivity index (χ3n) is 5.11. The van der Waals surface area contributed by atoms with Crippen LogP contribution < -0.4 is 14.9 Å². The molecule has 0 bridgehead atoms. The number of ether oxygens (including phenoxy) is 2. The van der Waals surface area contributed by atoms with Gasteiger partial charge in [-0.3, -0.25) is 5.43 Å². The molecule has 6 heteroatoms. The second-order valence-corrected chi connectivity index (χ2v) is 8.64. The van der Waals surface area contributed by atoms with Crippen molar-refractivity contribution in [3.8, 4) is 11.5 Å². The Morgan fingerprint density at radius 1 is 0.735 bits per heavy atom. The zero-order valence-electron chi connectivity index (χ0n) is 18.4. The Balaban J connectivity index is 1.31. The summed E-state index contributed by atoms with van der Waals surface area (Å²) in [7, 11) is 0. The van der Waals surface area contributed by atoms with Gasteiger partial charge < -0.3 is 9.47 Å². The van der Waals surface area contributed by atoms with E-state index in [1.807, 2.05) is 103 Å². The van der Waals surface area contributed by atoms with E-state index in [1.54, 1.807) is 17.6 Å². The number of para-hydroxylation sites is 1. The number of aromatic nitrogens is 1. The number of fused-ring (bicyclic) bond motifs is 1. The third-order valence-corrected chi connectivity index (χ3v) is 6.05. The van der Waals surface area contributed by atoms with E-state index in [-0.39, 0.29) is 0 Å². The molecule has 1 aromatic heterocycles. The summed E-state index contributed by atoms with van der Waals surface area (Å²) < 4.78 is 13.3. The van der Waals surface area contributed by atoms with E-state index in [9.17, 15) is 0 Å². The lowest BCUT2D eigenvalue weighted by Crippen LogP contribution is -2.01. The average Bonchev–Trinajstić information content (AvgIpc) is 3.31. The van der Waals surface area contributed by atoms with Crippen LogP contribution in [0.2, 0.25) is 0 Å². The largest absolute Gasteiger partial charge is 0.485 e. The fraction of sp³-hybridized carbons (Fsp3) is 0.0714. The van der Waals surface area contributed by atoms with Gasteiger partial charge in [-0.1, -0.05) is 84.1 Å². The number of rotatable bonds is 9. The molecular weight excluding hydrogens is 442 g/mol. The molecule has 0 fully saturated rings. The van der Waals surface area contributed by atoms with Crippen molar-refractivity contribution in [3.05, 3.63) is 120 Å². The summed E-state index contributed by atoms with van der Waals surface area (Å²) in [4.78, 5) is 4.54. The van der Waals surface area contributed by atoms with Crippen LogP contribution >= 0.6 is 11.3 Å². The maximum Gasteiger partial charge on any atom is 0.204 e. The van der Waals surface area contributed by atoms with Crippen LogP contribution in [0.25, 0.3) is 10.2 Å². The maximum absolute atomic E-state index is 6.14. The van der Waals surface area contributed by atoms with E-state index in [4.69, 9.17) is 9.47 Å². The van der Waals surface area contributed by atoms with Gasteiger partial charge in [0, 0.05) is 0 Å². The van der Waals surface area contributed by atoms with Gasteiger partial charge in [0.2, 0.25) is 5.13 Å². The van der Waals surface area contributed by atoms with Gasteiger partial charge in [-0.2, -0.15) is 5.10 Å². The molecule has 5 rings (SSSR count). The van der Waals surface area contributed by atoms with Crippen molar-refractivity contribution in [1.29, 1.82) is 0 Å². The molecule has 5 nitrogen and oxygen atoms in total. The second kappa shape index (κ2) is 10.6. The van der Waals surface area contributed by atoms with Gasteiger partial charge in [-0.25, -0.2) is 4.98 Å². The molecule has 5 aromatic rings. The molecule has 0 aliphatic carbocycles. The highest BCUT2D eigenvalue weighted by Crippen LogP contribution is 2.30. The Hall–Kier alpha value is -4.16. The Morgan fingerprint density at radius 3 is 2.09 bits per heavy atom. The van der Waals surface area contributed by atoms with Gasteiger partial charge in [0.15, 0.2) is 11.5 Å². The van der Waals surface area contributed by atoms with Crippen LogP contribution in [0.3, 0.4) is 0 Å². The molecular formula is C28H23N3O2S. The second-order valence-electron chi connectivity index (χ2n) is 7.61. The maximum atomic E-state index is 6.14. The topological polar surface area (TPSA) is 55.7 Å². The Morgan fingerprint density at radius 2 is 1.38 bits per heavy atom. The number of hydrazone groups is 1. The minimum absolute atomic E-state index is 0.451. The zero-order valence-corrected chi connectivity index (χ0v) is 19.2. The van der Waals surface area contributed by atoms with Crippen molar-refractivity contribution in [2.24, 2.45) is 5.10 Å². The van der Waals surface area contributed by atoms with Crippen molar-refractivity contribution in [2.75, 3.05) is 5.43 Å². The van der Waals surface area contributed by atoms with Crippen molar-refractivity contribution in [2.45, 2.75) is 13.2 Å². The minimum Gasteiger partial charge on any atom is -0.485 e. The van der Waals surface area contributed by atoms with Crippen molar-refractivity contribution in [1.82, 2.24) is 4.98 Å². The van der Waals surface area contributed by atoms with Gasteiger partial charge in [0.1, 0.15) is 13.2 Å². The third kappa shape index (κ3) is 5.60. The molecule has 0 aliphatic heterocycles. The summed E-state index contributed by atoms with van der Waals surface area (Å²) in [5, 5.41) is 5.12. The number of thiazole rings is 1. The average molecular weight is 466 g/mol. The van der Waals surface area contributed by atoms with Gasteiger partial charge >= 0.3 is 0 Å². The van der Waals surface area contributed by atoms with Crippen LogP contribution in [0, 0.1) is 0 Å². The molecule has 0 spiro atoms. The van der Waals surface area contributed by atoms with E-state index < -0.39 is 0 Å². The molecule has 0 amide bonds. The molecule has 34 heavy (non-hydrogen) atoms. The predicted octanol–water partition coefficient (Wildman–Crippen LogP) is 6.90. The Kier molecular flexibility index (Phi) is 6.78. The van der Waals surface area contributed by atoms with E-state index in [2.05, 4.69) is 15.5 Å². The highest BCUT2D eigenvalue weighted by atomic mass is 32.1. The molecule has 1 heterocycles. The lowest BCUT2D eigenvalue weighted by atomic mass is 10.2. The number of hydrogen-bond acceptors (Lipinski definition) is 6. The Labute approximate surface area is 202 Å². The van der Waals surface area contributed by atoms with E-state index in [1.165, 1.54) is 0 Å². The summed E-state index contributed by atoms with van der Waals surface area (Å²) in [6, 6.07) is 34.0. The van der Waals surface area contributed by atoms with Gasteiger partial charge in [0.05, 0.1) is 16.4 Å². The first-order valence-electron chi connectivity index (χ1n) is 11.0. The molecule has 0 unspecified atom stereocenters. The summed E-state index contributed by atoms with van der Waals surface area (Å²) >= 11 is 1.57. The summed E-state index contributed by atoms with van der Waals surface area (Å²) in [5.41, 5.74) is 7.07. The number of benzene rings is 4. The fourth-order valence-corrected chi connectivity index (χ4v) is 4.21. The number of hydrogen-bond donors (Lipinski definition) is 1. The van der Waals surface area contributed by atoms with Gasteiger partial charge in [-0.05, 0) is 47.0 Å². The number of anilines is 1. The minimum atomic E-state index is 0.451. The standard InChI is InChI=1S/C28H23N3O2S/c1-3-9-21(10-4-1)19-32-25-16-15-23(17-26(25)33-20-22-11-5-2-6-12-22)18-29-31-28-30-24-13-7-8-14-27(24)34-28/h1-18H,19-20H2,(H,30,31)/b29-18+. The molecule has 168 valence electrons. The first-order chi connectivity index (χ1) is 16.8. The fourth-order valence-electron chi connectivity index (χ4n) is 3.39. The number of nitrogens with one attached hydrogen (secondary N) is 1. The summed E-state index contributed by atoms with van der Waals surface area (Å²) in [6.07, 6.45) is 1.75. The predicted molar refractivity (Wildman–Crippen MR) is 139 cm³/mol. The quantitative estimate of drug-likeness (QED) is 0.190. The molecule has 0 aliphatic rings. The molecule has 0 atom stereocenters. The SMILES string of the molecule is C(=N\Nc1nc2ccccc2s1)/c1ccc(OCc2ccccc2)c(OCc2ccccc2)c1. The molecule has 4 aromatic carbocycles. The lowest BCUT2D eigenvalue weighted by molar-refractivity contribution is 0.256. The van der Waals surface area contributed by atoms with Crippen molar-refractivity contribution >= 4 is 32.9 Å². The van der Waals surface area contributed by atoms with Crippen LogP contribution in [0.4, 0.5) is 5.13 Å². The van der Waals surface area contributed by atoms with Gasteiger partial charge in [0.25, 0.3) is 0 Å². The van der Waals surface area contributed by atoms with Crippen LogP contribution in [0.1, 0.15) is 16.7 Å². The highest BCUT2D eigenvalue weighted by Gasteiger charge is 2.08. The summed E-state index contributed by atoms with van der Waals surface area (Å²) in [6.45, 7) is 0.919. The van der Waals surface area contributed by atoms with Crippen LogP contribution in [-0.4, -0.2) is 11.2 Å². The van der Waals surface area contributed by atoms with Crippen molar-refractivity contribution in [3.63, 3.8) is 0 Å².